The number of ether oxygens (including phenoxy) is 1. The smallest absolute Gasteiger partial charge is 0.298 e. The summed E-state index contributed by atoms with van der Waals surface area (Å²) < 4.78 is 5.55. The van der Waals surface area contributed by atoms with Crippen LogP contribution in [0.15, 0.2) is 53.4 Å². The number of nitrogens with zero attached hydrogens (tertiary/aromatic N) is 1. The number of imide groups is 1. The number of aryl methyl sites for hydroxylation is 1. The third-order valence-electron chi connectivity index (χ3n) is 3.89. The number of carbonyl (C=O) groups is 2. The number of hydrogen-bond acceptors (Lipinski definition) is 4. The molecule has 0 N–H and O–H groups in total. The highest BCUT2D eigenvalue weighted by Gasteiger charge is 2.37. The lowest BCUT2D eigenvalue weighted by atomic mass is 10.1. The van der Waals surface area contributed by atoms with Gasteiger partial charge in [0.05, 0.1) is 17.2 Å². The third-order valence-corrected chi connectivity index (χ3v) is 4.76. The Balaban J connectivity index is 1.91. The number of thioether (sulfide) groups is 1. The largest absolute Gasteiger partial charge is 0.492 e. The highest BCUT2D eigenvalue weighted by molar-refractivity contribution is 8.19. The fourth-order valence-corrected chi connectivity index (χ4v) is 3.43. The van der Waals surface area contributed by atoms with Crippen molar-refractivity contribution < 1.29 is 14.3 Å². The molecule has 5 heteroatoms. The van der Waals surface area contributed by atoms with E-state index in [4.69, 9.17) is 4.74 Å². The molecule has 0 radical (unpaired) electrons. The number of amides is 2. The summed E-state index contributed by atoms with van der Waals surface area (Å²) in [6.45, 7) is 4.42. The number of para-hydroxylation sites is 2. The highest BCUT2D eigenvalue weighted by atomic mass is 32.2. The quantitative estimate of drug-likeness (QED) is 0.718. The lowest BCUT2D eigenvalue weighted by Gasteiger charge is -2.16. The van der Waals surface area contributed by atoms with Crippen LogP contribution in [-0.2, 0) is 11.2 Å². The number of anilines is 1. The van der Waals surface area contributed by atoms with Crippen molar-refractivity contribution in [1.82, 2.24) is 0 Å². The zero-order chi connectivity index (χ0) is 17.8. The van der Waals surface area contributed by atoms with Crippen LogP contribution in [0.4, 0.5) is 10.5 Å². The van der Waals surface area contributed by atoms with Crippen molar-refractivity contribution in [2.24, 2.45) is 0 Å². The second-order valence-corrected chi connectivity index (χ2v) is 6.51. The average molecular weight is 353 g/mol. The van der Waals surface area contributed by atoms with Gasteiger partial charge in [-0.15, -0.1) is 0 Å². The number of benzene rings is 2. The highest BCUT2D eigenvalue weighted by Crippen LogP contribution is 2.39. The summed E-state index contributed by atoms with van der Waals surface area (Å²) in [6.07, 6.45) is 2.72. The first-order valence-corrected chi connectivity index (χ1v) is 9.04. The van der Waals surface area contributed by atoms with Gasteiger partial charge in [0.15, 0.2) is 0 Å². The van der Waals surface area contributed by atoms with Crippen molar-refractivity contribution in [2.75, 3.05) is 11.5 Å². The van der Waals surface area contributed by atoms with E-state index < -0.39 is 0 Å². The van der Waals surface area contributed by atoms with Gasteiger partial charge in [0, 0.05) is 0 Å². The molecule has 1 saturated heterocycles. The van der Waals surface area contributed by atoms with E-state index in [0.29, 0.717) is 22.9 Å². The van der Waals surface area contributed by atoms with Gasteiger partial charge in [0.25, 0.3) is 11.1 Å². The fraction of sp³-hybridized carbons (Fsp3) is 0.200. The summed E-state index contributed by atoms with van der Waals surface area (Å²) in [7, 11) is 0. The lowest BCUT2D eigenvalue weighted by Crippen LogP contribution is -2.28. The standard InChI is InChI=1S/C20H19NO3S/c1-3-14-9-11-15(12-10-14)13-18-19(22)21(20(23)25-18)16-7-5-6-8-17(16)24-4-2/h5-13H,3-4H2,1-2H3/b18-13-. The zero-order valence-electron chi connectivity index (χ0n) is 14.2. The Bertz CT molecular complexity index is 827. The Kier molecular flexibility index (Phi) is 5.24. The van der Waals surface area contributed by atoms with Crippen molar-refractivity contribution in [3.05, 3.63) is 64.6 Å². The zero-order valence-corrected chi connectivity index (χ0v) is 15.0. The molecule has 2 aromatic carbocycles. The van der Waals surface area contributed by atoms with Crippen molar-refractivity contribution in [3.63, 3.8) is 0 Å². The van der Waals surface area contributed by atoms with Gasteiger partial charge >= 0.3 is 0 Å². The van der Waals surface area contributed by atoms with Crippen LogP contribution in [0.1, 0.15) is 25.0 Å². The van der Waals surface area contributed by atoms with E-state index in [1.54, 1.807) is 24.3 Å². The molecule has 25 heavy (non-hydrogen) atoms. The van der Waals surface area contributed by atoms with E-state index in [2.05, 4.69) is 6.92 Å². The predicted molar refractivity (Wildman–Crippen MR) is 102 cm³/mol. The summed E-state index contributed by atoms with van der Waals surface area (Å²) in [4.78, 5) is 26.8. The first-order chi connectivity index (χ1) is 12.1. The van der Waals surface area contributed by atoms with Crippen molar-refractivity contribution in [3.8, 4) is 5.75 Å². The monoisotopic (exact) mass is 353 g/mol. The molecule has 1 fully saturated rings. The van der Waals surface area contributed by atoms with E-state index in [-0.39, 0.29) is 11.1 Å². The second kappa shape index (κ2) is 7.57. The predicted octanol–water partition coefficient (Wildman–Crippen LogP) is 4.89. The topological polar surface area (TPSA) is 46.6 Å². The molecule has 2 amide bonds. The molecule has 0 atom stereocenters. The van der Waals surface area contributed by atoms with Gasteiger partial charge in [0.2, 0.25) is 0 Å². The van der Waals surface area contributed by atoms with Crippen molar-refractivity contribution in [1.29, 1.82) is 0 Å². The molecule has 0 aliphatic carbocycles. The minimum absolute atomic E-state index is 0.311. The molecular weight excluding hydrogens is 334 g/mol. The molecule has 1 aliphatic heterocycles. The van der Waals surface area contributed by atoms with E-state index in [9.17, 15) is 9.59 Å². The molecular formula is C20H19NO3S. The lowest BCUT2D eigenvalue weighted by molar-refractivity contribution is -0.113. The van der Waals surface area contributed by atoms with Gasteiger partial charge in [0.1, 0.15) is 5.75 Å². The van der Waals surface area contributed by atoms with E-state index >= 15 is 0 Å². The average Bonchev–Trinajstić information content (AvgIpc) is 2.90. The summed E-state index contributed by atoms with van der Waals surface area (Å²) in [5.41, 5.74) is 2.62. The fourth-order valence-electron chi connectivity index (χ4n) is 2.60. The first kappa shape index (κ1) is 17.3. The van der Waals surface area contributed by atoms with Crippen LogP contribution < -0.4 is 9.64 Å². The first-order valence-electron chi connectivity index (χ1n) is 8.22. The van der Waals surface area contributed by atoms with Crippen LogP contribution >= 0.6 is 11.8 Å². The molecule has 4 nitrogen and oxygen atoms in total. The Morgan fingerprint density at radius 3 is 2.44 bits per heavy atom. The van der Waals surface area contributed by atoms with E-state index in [1.807, 2.05) is 37.3 Å². The molecule has 0 aromatic heterocycles. The molecule has 0 spiro atoms. The summed E-state index contributed by atoms with van der Waals surface area (Å²) >= 11 is 0.951. The molecule has 1 aliphatic rings. The van der Waals surface area contributed by atoms with Crippen molar-refractivity contribution >= 4 is 34.7 Å². The van der Waals surface area contributed by atoms with Gasteiger partial charge in [-0.3, -0.25) is 9.59 Å². The maximum absolute atomic E-state index is 12.8. The number of carbonyl (C=O) groups excluding carboxylic acids is 2. The van der Waals surface area contributed by atoms with Gasteiger partial charge in [-0.05, 0) is 54.4 Å². The van der Waals surface area contributed by atoms with E-state index in [1.165, 1.54) is 10.5 Å². The van der Waals surface area contributed by atoms with Crippen LogP contribution in [0.2, 0.25) is 0 Å². The summed E-state index contributed by atoms with van der Waals surface area (Å²) in [6, 6.07) is 15.1. The van der Waals surface area contributed by atoms with Gasteiger partial charge in [-0.1, -0.05) is 43.3 Å². The van der Waals surface area contributed by atoms with Crippen LogP contribution in [0.25, 0.3) is 6.08 Å². The molecule has 128 valence electrons. The SMILES string of the molecule is CCOc1ccccc1N1C(=O)S/C(=C\c2ccc(CC)cc2)C1=O. The molecule has 1 heterocycles. The third kappa shape index (κ3) is 3.61. The van der Waals surface area contributed by atoms with Gasteiger partial charge in [-0.25, -0.2) is 4.90 Å². The molecule has 0 unspecified atom stereocenters. The minimum atomic E-state index is -0.318. The molecule has 3 rings (SSSR count). The van der Waals surface area contributed by atoms with Crippen LogP contribution in [0.5, 0.6) is 5.75 Å². The van der Waals surface area contributed by atoms with Gasteiger partial charge in [-0.2, -0.15) is 0 Å². The van der Waals surface area contributed by atoms with E-state index in [0.717, 1.165) is 23.7 Å². The normalized spacial score (nSPS) is 15.9. The minimum Gasteiger partial charge on any atom is -0.492 e. The molecule has 2 aromatic rings. The number of rotatable bonds is 5. The molecule has 0 saturated carbocycles. The molecule has 0 bridgehead atoms. The number of hydrogen-bond donors (Lipinski definition) is 0. The Morgan fingerprint density at radius 2 is 1.76 bits per heavy atom. The second-order valence-electron chi connectivity index (χ2n) is 5.51. The summed E-state index contributed by atoms with van der Waals surface area (Å²) in [5.74, 6) is 0.211. The Labute approximate surface area is 151 Å². The Morgan fingerprint density at radius 1 is 1.04 bits per heavy atom. The maximum Gasteiger partial charge on any atom is 0.298 e. The van der Waals surface area contributed by atoms with Crippen molar-refractivity contribution in [2.45, 2.75) is 20.3 Å². The Hall–Kier alpha value is -2.53. The van der Waals surface area contributed by atoms with Crippen LogP contribution in [0.3, 0.4) is 0 Å². The van der Waals surface area contributed by atoms with Gasteiger partial charge < -0.3 is 4.74 Å². The maximum atomic E-state index is 12.8. The van der Waals surface area contributed by atoms with Crippen LogP contribution in [0, 0.1) is 0 Å². The van der Waals surface area contributed by atoms with Crippen LogP contribution in [-0.4, -0.2) is 17.8 Å². The summed E-state index contributed by atoms with van der Waals surface area (Å²) in [5, 5.41) is -0.311.